The molecule has 0 bridgehead atoms. The van der Waals surface area contributed by atoms with Gasteiger partial charge in [-0.15, -0.1) is 4.73 Å². The predicted octanol–water partition coefficient (Wildman–Crippen LogP) is -1.08. The standard InChI is InChI=1S/C15H22N4O6/c20-12-1-2-13(21)19(12)25-15(23)18-5-3-17(4-6-18)14(22)11-16-7-9-24-10-8-16/h1-2,20-21H,3-11H2. The van der Waals surface area contributed by atoms with E-state index in [0.29, 0.717) is 50.7 Å². The lowest BCUT2D eigenvalue weighted by atomic mass is 10.3. The van der Waals surface area contributed by atoms with E-state index in [0.717, 1.165) is 13.1 Å². The molecule has 3 rings (SSSR count). The summed E-state index contributed by atoms with van der Waals surface area (Å²) in [4.78, 5) is 34.6. The molecule has 1 aromatic heterocycles. The highest BCUT2D eigenvalue weighted by Gasteiger charge is 2.27. The van der Waals surface area contributed by atoms with Crippen molar-refractivity contribution in [3.63, 3.8) is 0 Å². The average Bonchev–Trinajstić information content (AvgIpc) is 2.94. The molecule has 2 fully saturated rings. The molecule has 0 saturated carbocycles. The maximum absolute atomic E-state index is 12.3. The van der Waals surface area contributed by atoms with E-state index in [1.54, 1.807) is 4.90 Å². The van der Waals surface area contributed by atoms with Crippen LogP contribution >= 0.6 is 0 Å². The minimum absolute atomic E-state index is 0.0376. The molecule has 10 nitrogen and oxygen atoms in total. The van der Waals surface area contributed by atoms with E-state index < -0.39 is 6.09 Å². The molecule has 2 aliphatic rings. The topological polar surface area (TPSA) is 108 Å². The number of morpholine rings is 1. The van der Waals surface area contributed by atoms with Gasteiger partial charge in [-0.2, -0.15) is 0 Å². The van der Waals surface area contributed by atoms with E-state index in [-0.39, 0.29) is 17.7 Å². The van der Waals surface area contributed by atoms with Crippen molar-refractivity contribution in [3.05, 3.63) is 12.1 Å². The molecule has 0 atom stereocenters. The summed E-state index contributed by atoms with van der Waals surface area (Å²) in [6.45, 7) is 4.65. The molecule has 2 N–H and O–H groups in total. The molecule has 3 heterocycles. The number of aromatic hydroxyl groups is 2. The zero-order chi connectivity index (χ0) is 17.8. The molecular weight excluding hydrogens is 332 g/mol. The zero-order valence-corrected chi connectivity index (χ0v) is 13.8. The van der Waals surface area contributed by atoms with E-state index in [1.807, 2.05) is 0 Å². The Morgan fingerprint density at radius 3 is 2.12 bits per heavy atom. The monoisotopic (exact) mass is 354 g/mol. The second-order valence-electron chi connectivity index (χ2n) is 5.96. The average molecular weight is 354 g/mol. The number of amides is 2. The van der Waals surface area contributed by atoms with Crippen molar-refractivity contribution in [2.75, 3.05) is 59.0 Å². The first-order chi connectivity index (χ1) is 12.0. The lowest BCUT2D eigenvalue weighted by molar-refractivity contribution is -0.135. The van der Waals surface area contributed by atoms with Gasteiger partial charge >= 0.3 is 6.09 Å². The lowest BCUT2D eigenvalue weighted by Gasteiger charge is -2.35. The molecule has 25 heavy (non-hydrogen) atoms. The summed E-state index contributed by atoms with van der Waals surface area (Å²) < 4.78 is 5.92. The van der Waals surface area contributed by atoms with Gasteiger partial charge in [0, 0.05) is 51.4 Å². The zero-order valence-electron chi connectivity index (χ0n) is 13.8. The van der Waals surface area contributed by atoms with Crippen LogP contribution in [-0.4, -0.2) is 101 Å². The van der Waals surface area contributed by atoms with Gasteiger partial charge in [0.1, 0.15) is 0 Å². The van der Waals surface area contributed by atoms with E-state index in [1.165, 1.54) is 17.0 Å². The first kappa shape index (κ1) is 17.4. The third-order valence-corrected chi connectivity index (χ3v) is 4.32. The maximum atomic E-state index is 12.3. The van der Waals surface area contributed by atoms with Crippen LogP contribution in [0.2, 0.25) is 0 Å². The number of rotatable bonds is 3. The Hall–Kier alpha value is -2.46. The summed E-state index contributed by atoms with van der Waals surface area (Å²) in [5.41, 5.74) is 0. The summed E-state index contributed by atoms with van der Waals surface area (Å²) in [6, 6.07) is 2.43. The van der Waals surface area contributed by atoms with Gasteiger partial charge in [0.2, 0.25) is 17.7 Å². The molecular formula is C15H22N4O6. The van der Waals surface area contributed by atoms with Gasteiger partial charge in [0.15, 0.2) is 0 Å². The van der Waals surface area contributed by atoms with E-state index >= 15 is 0 Å². The van der Waals surface area contributed by atoms with E-state index in [2.05, 4.69) is 4.90 Å². The van der Waals surface area contributed by atoms with Gasteiger partial charge in [0.25, 0.3) is 0 Å². The van der Waals surface area contributed by atoms with Crippen LogP contribution in [0.15, 0.2) is 12.1 Å². The summed E-state index contributed by atoms with van der Waals surface area (Å²) in [6.07, 6.45) is -0.693. The number of carbonyl (C=O) groups excluding carboxylic acids is 2. The predicted molar refractivity (Wildman–Crippen MR) is 85.1 cm³/mol. The number of carbonyl (C=O) groups is 2. The lowest BCUT2D eigenvalue weighted by Crippen LogP contribution is -2.54. The third-order valence-electron chi connectivity index (χ3n) is 4.32. The van der Waals surface area contributed by atoms with Crippen molar-refractivity contribution in [1.29, 1.82) is 0 Å². The van der Waals surface area contributed by atoms with Crippen molar-refractivity contribution in [2.45, 2.75) is 0 Å². The van der Waals surface area contributed by atoms with Crippen LogP contribution in [0.5, 0.6) is 11.8 Å². The van der Waals surface area contributed by atoms with Crippen LogP contribution < -0.4 is 4.84 Å². The van der Waals surface area contributed by atoms with Crippen LogP contribution in [0.4, 0.5) is 4.79 Å². The van der Waals surface area contributed by atoms with Gasteiger partial charge in [0.05, 0.1) is 19.8 Å². The number of aromatic nitrogens is 1. The van der Waals surface area contributed by atoms with Crippen LogP contribution in [0, 0.1) is 0 Å². The highest BCUT2D eigenvalue weighted by atomic mass is 16.7. The Balaban J connectivity index is 1.46. The Morgan fingerprint density at radius 1 is 0.960 bits per heavy atom. The number of piperazine rings is 1. The fraction of sp³-hybridized carbons (Fsp3) is 0.600. The second kappa shape index (κ2) is 7.62. The minimum Gasteiger partial charge on any atom is -0.492 e. The Kier molecular flexibility index (Phi) is 5.29. The Bertz CT molecular complexity index is 600. The third kappa shape index (κ3) is 4.15. The maximum Gasteiger partial charge on any atom is 0.434 e. The molecule has 2 aliphatic heterocycles. The number of hydrogen-bond acceptors (Lipinski definition) is 7. The van der Waals surface area contributed by atoms with Crippen LogP contribution in [0.1, 0.15) is 0 Å². The van der Waals surface area contributed by atoms with Crippen LogP contribution in [0.25, 0.3) is 0 Å². The smallest absolute Gasteiger partial charge is 0.434 e. The number of hydrogen-bond donors (Lipinski definition) is 2. The molecule has 0 radical (unpaired) electrons. The summed E-state index contributed by atoms with van der Waals surface area (Å²) >= 11 is 0. The molecule has 0 unspecified atom stereocenters. The van der Waals surface area contributed by atoms with Crippen molar-refractivity contribution in [1.82, 2.24) is 19.4 Å². The van der Waals surface area contributed by atoms with Gasteiger partial charge in [-0.25, -0.2) is 4.79 Å². The molecule has 0 aliphatic carbocycles. The van der Waals surface area contributed by atoms with Gasteiger partial charge in [-0.1, -0.05) is 0 Å². The summed E-state index contributed by atoms with van der Waals surface area (Å²) in [5.74, 6) is -0.703. The van der Waals surface area contributed by atoms with Crippen molar-refractivity contribution < 1.29 is 29.4 Å². The molecule has 2 amide bonds. The van der Waals surface area contributed by atoms with Gasteiger partial charge < -0.3 is 29.6 Å². The van der Waals surface area contributed by atoms with Gasteiger partial charge in [-0.05, 0) is 0 Å². The van der Waals surface area contributed by atoms with Crippen molar-refractivity contribution in [2.24, 2.45) is 0 Å². The largest absolute Gasteiger partial charge is 0.492 e. The summed E-state index contributed by atoms with van der Waals surface area (Å²) in [5, 5.41) is 19.0. The van der Waals surface area contributed by atoms with Gasteiger partial charge in [-0.3, -0.25) is 9.69 Å². The number of nitrogens with zero attached hydrogens (tertiary/aromatic N) is 4. The van der Waals surface area contributed by atoms with Crippen LogP contribution in [-0.2, 0) is 9.53 Å². The first-order valence-corrected chi connectivity index (χ1v) is 8.19. The SMILES string of the molecule is O=C(CN1CCOCC1)N1CCN(C(=O)On2c(O)ccc2O)CC1. The molecule has 10 heteroatoms. The normalized spacial score (nSPS) is 19.0. The Labute approximate surface area is 144 Å². The molecule has 0 spiro atoms. The molecule has 138 valence electrons. The molecule has 1 aromatic rings. The van der Waals surface area contributed by atoms with E-state index in [9.17, 15) is 19.8 Å². The number of ether oxygens (including phenoxy) is 1. The summed E-state index contributed by atoms with van der Waals surface area (Å²) in [7, 11) is 0. The quantitative estimate of drug-likeness (QED) is 0.711. The molecule has 0 aromatic carbocycles. The fourth-order valence-corrected chi connectivity index (χ4v) is 2.82. The second-order valence-corrected chi connectivity index (χ2v) is 5.96. The Morgan fingerprint density at radius 2 is 1.52 bits per heavy atom. The highest BCUT2D eigenvalue weighted by molar-refractivity contribution is 5.78. The highest BCUT2D eigenvalue weighted by Crippen LogP contribution is 2.19. The minimum atomic E-state index is -0.693. The molecule has 2 saturated heterocycles. The first-order valence-electron chi connectivity index (χ1n) is 8.19. The van der Waals surface area contributed by atoms with Crippen molar-refractivity contribution >= 4 is 12.0 Å². The van der Waals surface area contributed by atoms with E-state index in [4.69, 9.17) is 9.57 Å². The van der Waals surface area contributed by atoms with Crippen molar-refractivity contribution in [3.8, 4) is 11.8 Å². The van der Waals surface area contributed by atoms with Crippen LogP contribution in [0.3, 0.4) is 0 Å². The fourth-order valence-electron chi connectivity index (χ4n) is 2.82.